The SMILES string of the molecule is O=C(c1ccccc1NS(=O)(=O)c1ccc(Cl)cc1)N1CCN(c2ccccc2)CC1. The van der Waals surface area contributed by atoms with Crippen molar-refractivity contribution < 1.29 is 13.2 Å². The molecule has 1 saturated heterocycles. The van der Waals surface area contributed by atoms with Gasteiger partial charge in [0.15, 0.2) is 0 Å². The van der Waals surface area contributed by atoms with Crippen LogP contribution >= 0.6 is 11.6 Å². The molecule has 0 bridgehead atoms. The number of hydrogen-bond acceptors (Lipinski definition) is 4. The van der Waals surface area contributed by atoms with Crippen LogP contribution in [0, 0.1) is 0 Å². The first-order chi connectivity index (χ1) is 14.9. The Morgan fingerprint density at radius 3 is 2.10 bits per heavy atom. The highest BCUT2D eigenvalue weighted by molar-refractivity contribution is 7.92. The third-order valence-electron chi connectivity index (χ3n) is 5.21. The molecule has 1 fully saturated rings. The summed E-state index contributed by atoms with van der Waals surface area (Å²) < 4.78 is 28.1. The van der Waals surface area contributed by atoms with Gasteiger partial charge in [0, 0.05) is 36.9 Å². The van der Waals surface area contributed by atoms with Crippen molar-refractivity contribution >= 4 is 38.9 Å². The molecule has 0 atom stereocenters. The molecule has 0 aromatic heterocycles. The molecule has 160 valence electrons. The number of piperazine rings is 1. The lowest BCUT2D eigenvalue weighted by atomic mass is 10.1. The number of hydrogen-bond donors (Lipinski definition) is 1. The lowest BCUT2D eigenvalue weighted by Crippen LogP contribution is -2.48. The highest BCUT2D eigenvalue weighted by atomic mass is 35.5. The second kappa shape index (κ2) is 8.99. The van der Waals surface area contributed by atoms with E-state index in [2.05, 4.69) is 21.8 Å². The Kier molecular flexibility index (Phi) is 6.15. The van der Waals surface area contributed by atoms with Crippen LogP contribution in [0.2, 0.25) is 5.02 Å². The molecule has 0 aliphatic carbocycles. The fraction of sp³-hybridized carbons (Fsp3) is 0.174. The highest BCUT2D eigenvalue weighted by Crippen LogP contribution is 2.24. The first kappa shape index (κ1) is 21.2. The summed E-state index contributed by atoms with van der Waals surface area (Å²) in [6, 6.07) is 22.6. The molecule has 31 heavy (non-hydrogen) atoms. The minimum absolute atomic E-state index is 0.0793. The van der Waals surface area contributed by atoms with Crippen molar-refractivity contribution in [2.75, 3.05) is 35.8 Å². The van der Waals surface area contributed by atoms with Crippen molar-refractivity contribution in [1.29, 1.82) is 0 Å². The van der Waals surface area contributed by atoms with Crippen molar-refractivity contribution in [2.24, 2.45) is 0 Å². The van der Waals surface area contributed by atoms with E-state index < -0.39 is 10.0 Å². The van der Waals surface area contributed by atoms with Crippen molar-refractivity contribution in [1.82, 2.24) is 4.90 Å². The number of nitrogens with one attached hydrogen (secondary N) is 1. The average Bonchev–Trinajstić information content (AvgIpc) is 2.80. The zero-order chi connectivity index (χ0) is 21.8. The summed E-state index contributed by atoms with van der Waals surface area (Å²) in [5.41, 5.74) is 1.71. The van der Waals surface area contributed by atoms with Gasteiger partial charge in [-0.15, -0.1) is 0 Å². The predicted molar refractivity (Wildman–Crippen MR) is 123 cm³/mol. The van der Waals surface area contributed by atoms with Gasteiger partial charge in [0.05, 0.1) is 16.1 Å². The van der Waals surface area contributed by atoms with Crippen molar-refractivity contribution in [3.63, 3.8) is 0 Å². The molecule has 0 spiro atoms. The molecule has 3 aromatic rings. The number of para-hydroxylation sites is 2. The summed E-state index contributed by atoms with van der Waals surface area (Å²) in [7, 11) is -3.85. The van der Waals surface area contributed by atoms with Gasteiger partial charge < -0.3 is 9.80 Å². The van der Waals surface area contributed by atoms with Crippen LogP contribution in [0.25, 0.3) is 0 Å². The molecule has 0 saturated carbocycles. The molecule has 4 rings (SSSR count). The third kappa shape index (κ3) is 4.84. The van der Waals surface area contributed by atoms with E-state index in [1.54, 1.807) is 29.2 Å². The van der Waals surface area contributed by atoms with Crippen LogP contribution in [0.3, 0.4) is 0 Å². The molecule has 1 aliphatic rings. The Morgan fingerprint density at radius 1 is 0.806 bits per heavy atom. The lowest BCUT2D eigenvalue weighted by Gasteiger charge is -2.36. The number of anilines is 2. The smallest absolute Gasteiger partial charge is 0.261 e. The highest BCUT2D eigenvalue weighted by Gasteiger charge is 2.25. The third-order valence-corrected chi connectivity index (χ3v) is 6.85. The number of halogens is 1. The quantitative estimate of drug-likeness (QED) is 0.628. The number of benzene rings is 3. The Hall–Kier alpha value is -3.03. The number of carbonyl (C=O) groups excluding carboxylic acids is 1. The molecule has 1 amide bonds. The second-order valence-electron chi connectivity index (χ2n) is 7.22. The summed E-state index contributed by atoms with van der Waals surface area (Å²) in [6.07, 6.45) is 0. The van der Waals surface area contributed by atoms with Crippen LogP contribution in [0.4, 0.5) is 11.4 Å². The molecular formula is C23H22ClN3O3S. The van der Waals surface area contributed by atoms with E-state index in [1.807, 2.05) is 18.2 Å². The molecule has 0 radical (unpaired) electrons. The van der Waals surface area contributed by atoms with Crippen molar-refractivity contribution in [2.45, 2.75) is 4.90 Å². The van der Waals surface area contributed by atoms with Gasteiger partial charge in [0.2, 0.25) is 0 Å². The molecule has 6 nitrogen and oxygen atoms in total. The molecule has 0 unspecified atom stereocenters. The first-order valence-electron chi connectivity index (χ1n) is 9.91. The maximum absolute atomic E-state index is 13.2. The van der Waals surface area contributed by atoms with Crippen molar-refractivity contribution in [3.05, 3.63) is 89.4 Å². The van der Waals surface area contributed by atoms with Gasteiger partial charge in [-0.3, -0.25) is 9.52 Å². The monoisotopic (exact) mass is 455 g/mol. The standard InChI is InChI=1S/C23H22ClN3O3S/c24-18-10-12-20(13-11-18)31(29,30)25-22-9-5-4-8-21(22)23(28)27-16-14-26(15-17-27)19-6-2-1-3-7-19/h1-13,25H,14-17H2. The minimum atomic E-state index is -3.85. The molecule has 3 aromatic carbocycles. The molecule has 1 heterocycles. The zero-order valence-electron chi connectivity index (χ0n) is 16.7. The minimum Gasteiger partial charge on any atom is -0.368 e. The largest absolute Gasteiger partial charge is 0.368 e. The fourth-order valence-electron chi connectivity index (χ4n) is 3.55. The topological polar surface area (TPSA) is 69.7 Å². The Balaban J connectivity index is 1.49. The molecule has 8 heteroatoms. The van der Waals surface area contributed by atoms with Crippen LogP contribution < -0.4 is 9.62 Å². The maximum atomic E-state index is 13.2. The van der Waals surface area contributed by atoms with Gasteiger partial charge in [-0.05, 0) is 48.5 Å². The van der Waals surface area contributed by atoms with Gasteiger partial charge in [0.25, 0.3) is 15.9 Å². The maximum Gasteiger partial charge on any atom is 0.261 e. The van der Waals surface area contributed by atoms with Gasteiger partial charge in [0.1, 0.15) is 0 Å². The molecule has 1 N–H and O–H groups in total. The fourth-order valence-corrected chi connectivity index (χ4v) is 4.76. The zero-order valence-corrected chi connectivity index (χ0v) is 18.3. The predicted octanol–water partition coefficient (Wildman–Crippen LogP) is 4.10. The van der Waals surface area contributed by atoms with Gasteiger partial charge in [-0.1, -0.05) is 41.9 Å². The summed E-state index contributed by atoms with van der Waals surface area (Å²) in [5.74, 6) is -0.192. The van der Waals surface area contributed by atoms with Gasteiger partial charge in [-0.2, -0.15) is 0 Å². The summed E-state index contributed by atoms with van der Waals surface area (Å²) in [5, 5.41) is 0.448. The van der Waals surface area contributed by atoms with E-state index in [9.17, 15) is 13.2 Å². The summed E-state index contributed by atoms with van der Waals surface area (Å²) in [4.78, 5) is 17.3. The van der Waals surface area contributed by atoms with E-state index in [1.165, 1.54) is 24.3 Å². The first-order valence-corrected chi connectivity index (χ1v) is 11.8. The van der Waals surface area contributed by atoms with Crippen LogP contribution in [0.5, 0.6) is 0 Å². The van der Waals surface area contributed by atoms with Crippen molar-refractivity contribution in [3.8, 4) is 0 Å². The number of rotatable bonds is 5. The summed E-state index contributed by atoms with van der Waals surface area (Å²) in [6.45, 7) is 2.56. The van der Waals surface area contributed by atoms with E-state index in [4.69, 9.17) is 11.6 Å². The van der Waals surface area contributed by atoms with Crippen LogP contribution in [0.15, 0.2) is 83.8 Å². The Morgan fingerprint density at radius 2 is 1.42 bits per heavy atom. The lowest BCUT2D eigenvalue weighted by molar-refractivity contribution is 0.0748. The average molecular weight is 456 g/mol. The number of sulfonamides is 1. The Bertz CT molecular complexity index is 1160. The van der Waals surface area contributed by atoms with Gasteiger partial charge in [-0.25, -0.2) is 8.42 Å². The normalized spacial score (nSPS) is 14.4. The van der Waals surface area contributed by atoms with E-state index in [0.717, 1.165) is 5.69 Å². The number of amides is 1. The van der Waals surface area contributed by atoms with Crippen LogP contribution in [-0.2, 0) is 10.0 Å². The van der Waals surface area contributed by atoms with Crippen LogP contribution in [0.1, 0.15) is 10.4 Å². The van der Waals surface area contributed by atoms with E-state index in [0.29, 0.717) is 36.8 Å². The van der Waals surface area contributed by atoms with Crippen LogP contribution in [-0.4, -0.2) is 45.4 Å². The van der Waals surface area contributed by atoms with E-state index in [-0.39, 0.29) is 16.5 Å². The Labute approximate surface area is 187 Å². The molecular weight excluding hydrogens is 434 g/mol. The number of nitrogens with zero attached hydrogens (tertiary/aromatic N) is 2. The summed E-state index contributed by atoms with van der Waals surface area (Å²) >= 11 is 5.86. The van der Waals surface area contributed by atoms with Gasteiger partial charge >= 0.3 is 0 Å². The molecule has 1 aliphatic heterocycles. The van der Waals surface area contributed by atoms with E-state index >= 15 is 0 Å². The second-order valence-corrected chi connectivity index (χ2v) is 9.34. The number of carbonyl (C=O) groups is 1.